The molecule has 36 heavy (non-hydrogen) atoms. The highest BCUT2D eigenvalue weighted by atomic mass is 19.4. The molecule has 4 rings (SSSR count). The SMILES string of the molecule is CCN(Cc1ccc(C(F)(F)F)c(F)c1)c1ncnc2c1ccn2C[C@@H]1CCN(CC(N)=O)C[C@H]1O. The van der Waals surface area contributed by atoms with Crippen molar-refractivity contribution >= 4 is 22.8 Å². The predicted octanol–water partition coefficient (Wildman–Crippen LogP) is 2.78. The van der Waals surface area contributed by atoms with Crippen molar-refractivity contribution < 1.29 is 27.5 Å². The molecular formula is C24H28F4N6O2. The first kappa shape index (κ1) is 25.8. The van der Waals surface area contributed by atoms with Gasteiger partial charge in [-0.05, 0) is 43.7 Å². The first-order valence-electron chi connectivity index (χ1n) is 11.7. The Kier molecular flexibility index (Phi) is 7.46. The number of anilines is 1. The fourth-order valence-corrected chi connectivity index (χ4v) is 4.71. The molecule has 2 aromatic heterocycles. The van der Waals surface area contributed by atoms with Crippen molar-refractivity contribution in [2.45, 2.75) is 38.7 Å². The number of piperidine rings is 1. The van der Waals surface area contributed by atoms with Crippen LogP contribution in [0.15, 0.2) is 36.8 Å². The second kappa shape index (κ2) is 10.4. The van der Waals surface area contributed by atoms with Gasteiger partial charge in [0.25, 0.3) is 0 Å². The number of benzene rings is 1. The third kappa shape index (κ3) is 5.59. The number of alkyl halides is 3. The Labute approximate surface area is 205 Å². The van der Waals surface area contributed by atoms with Crippen LogP contribution < -0.4 is 10.6 Å². The van der Waals surface area contributed by atoms with Crippen LogP contribution in [0.4, 0.5) is 23.4 Å². The Morgan fingerprint density at radius 2 is 2.06 bits per heavy atom. The zero-order valence-electron chi connectivity index (χ0n) is 19.7. The van der Waals surface area contributed by atoms with E-state index in [1.165, 1.54) is 12.4 Å². The van der Waals surface area contributed by atoms with Gasteiger partial charge in [-0.3, -0.25) is 9.69 Å². The van der Waals surface area contributed by atoms with E-state index in [1.54, 1.807) is 0 Å². The van der Waals surface area contributed by atoms with Crippen LogP contribution in [0.25, 0.3) is 11.0 Å². The summed E-state index contributed by atoms with van der Waals surface area (Å²) in [4.78, 5) is 23.6. The Bertz CT molecular complexity index is 1230. The van der Waals surface area contributed by atoms with Crippen LogP contribution in [-0.2, 0) is 24.1 Å². The van der Waals surface area contributed by atoms with E-state index >= 15 is 0 Å². The van der Waals surface area contributed by atoms with Crippen molar-refractivity contribution in [3.05, 3.63) is 53.7 Å². The molecule has 1 aliphatic heterocycles. The molecule has 3 aromatic rings. The highest BCUT2D eigenvalue weighted by Crippen LogP contribution is 2.32. The number of carbonyl (C=O) groups excluding carboxylic acids is 1. The molecule has 0 spiro atoms. The maximum atomic E-state index is 14.1. The summed E-state index contributed by atoms with van der Waals surface area (Å²) in [7, 11) is 0. The fraction of sp³-hybridized carbons (Fsp3) is 0.458. The van der Waals surface area contributed by atoms with Gasteiger partial charge in [-0.1, -0.05) is 6.07 Å². The number of carbonyl (C=O) groups is 1. The Morgan fingerprint density at radius 1 is 1.28 bits per heavy atom. The normalized spacial score (nSPS) is 19.1. The molecule has 0 radical (unpaired) electrons. The number of primary amides is 1. The quantitative estimate of drug-likeness (QED) is 0.454. The van der Waals surface area contributed by atoms with Gasteiger partial charge in [0.1, 0.15) is 23.6 Å². The molecular weight excluding hydrogens is 480 g/mol. The van der Waals surface area contributed by atoms with Crippen LogP contribution in [-0.4, -0.2) is 62.7 Å². The monoisotopic (exact) mass is 508 g/mol. The number of likely N-dealkylation sites (tertiary alicyclic amines) is 1. The first-order valence-corrected chi connectivity index (χ1v) is 11.7. The van der Waals surface area contributed by atoms with Gasteiger partial charge in [0.2, 0.25) is 5.91 Å². The molecule has 194 valence electrons. The van der Waals surface area contributed by atoms with Gasteiger partial charge < -0.3 is 20.3 Å². The van der Waals surface area contributed by atoms with Gasteiger partial charge in [-0.25, -0.2) is 14.4 Å². The first-order chi connectivity index (χ1) is 17.1. The van der Waals surface area contributed by atoms with Crippen molar-refractivity contribution in [3.63, 3.8) is 0 Å². The second-order valence-corrected chi connectivity index (χ2v) is 9.05. The number of rotatable bonds is 8. The molecule has 0 unspecified atom stereocenters. The number of aromatic nitrogens is 3. The molecule has 1 aromatic carbocycles. The highest BCUT2D eigenvalue weighted by molar-refractivity contribution is 5.87. The van der Waals surface area contributed by atoms with Crippen LogP contribution >= 0.6 is 0 Å². The molecule has 0 bridgehead atoms. The van der Waals surface area contributed by atoms with Crippen LogP contribution in [0.3, 0.4) is 0 Å². The summed E-state index contributed by atoms with van der Waals surface area (Å²) < 4.78 is 54.7. The number of amides is 1. The minimum Gasteiger partial charge on any atom is -0.391 e. The lowest BCUT2D eigenvalue weighted by Crippen LogP contribution is -2.47. The predicted molar refractivity (Wildman–Crippen MR) is 125 cm³/mol. The molecule has 12 heteroatoms. The number of halogens is 4. The third-order valence-corrected chi connectivity index (χ3v) is 6.54. The summed E-state index contributed by atoms with van der Waals surface area (Å²) in [5, 5.41) is 11.4. The second-order valence-electron chi connectivity index (χ2n) is 9.05. The smallest absolute Gasteiger partial charge is 0.391 e. The lowest BCUT2D eigenvalue weighted by molar-refractivity contribution is -0.140. The number of aliphatic hydroxyl groups is 1. The molecule has 8 nitrogen and oxygen atoms in total. The Balaban J connectivity index is 1.52. The number of nitrogens with zero attached hydrogens (tertiary/aromatic N) is 5. The molecule has 0 aliphatic carbocycles. The molecule has 1 fully saturated rings. The molecule has 3 N–H and O–H groups in total. The van der Waals surface area contributed by atoms with E-state index in [1.807, 2.05) is 33.6 Å². The van der Waals surface area contributed by atoms with E-state index in [0.717, 1.165) is 17.5 Å². The average molecular weight is 509 g/mol. The van der Waals surface area contributed by atoms with Crippen molar-refractivity contribution in [2.75, 3.05) is 31.1 Å². The van der Waals surface area contributed by atoms with E-state index in [-0.39, 0.29) is 19.0 Å². The highest BCUT2D eigenvalue weighted by Gasteiger charge is 2.34. The number of hydrogen-bond acceptors (Lipinski definition) is 6. The van der Waals surface area contributed by atoms with E-state index < -0.39 is 29.6 Å². The third-order valence-electron chi connectivity index (χ3n) is 6.54. The lowest BCUT2D eigenvalue weighted by Gasteiger charge is -2.35. The molecule has 1 amide bonds. The topological polar surface area (TPSA) is 101 Å². The number of aliphatic hydroxyl groups excluding tert-OH is 1. The van der Waals surface area contributed by atoms with Crippen molar-refractivity contribution in [3.8, 4) is 0 Å². The summed E-state index contributed by atoms with van der Waals surface area (Å²) in [6.07, 6.45) is -1.42. The van der Waals surface area contributed by atoms with Crippen molar-refractivity contribution in [1.29, 1.82) is 0 Å². The summed E-state index contributed by atoms with van der Waals surface area (Å²) in [5.74, 6) is -1.20. The average Bonchev–Trinajstić information content (AvgIpc) is 3.21. The van der Waals surface area contributed by atoms with Crippen LogP contribution in [0.2, 0.25) is 0 Å². The van der Waals surface area contributed by atoms with Crippen LogP contribution in [0.5, 0.6) is 0 Å². The molecule has 3 heterocycles. The molecule has 0 saturated carbocycles. The largest absolute Gasteiger partial charge is 0.419 e. The van der Waals surface area contributed by atoms with Gasteiger partial charge in [-0.2, -0.15) is 13.2 Å². The van der Waals surface area contributed by atoms with E-state index in [0.29, 0.717) is 49.6 Å². The van der Waals surface area contributed by atoms with Gasteiger partial charge in [-0.15, -0.1) is 0 Å². The fourth-order valence-electron chi connectivity index (χ4n) is 4.71. The van der Waals surface area contributed by atoms with Crippen LogP contribution in [0, 0.1) is 11.7 Å². The maximum absolute atomic E-state index is 14.1. The summed E-state index contributed by atoms with van der Waals surface area (Å²) >= 11 is 0. The standard InChI is InChI=1S/C24H28F4N6O2/c1-2-33(10-15-3-4-18(19(25)9-15)24(26,27)28)22-17-6-8-34(23(17)31-14-30-22)11-16-5-7-32(12-20(16)35)13-21(29)36/h3-4,6,8-9,14,16,20,35H,2,5,7,10-13H2,1H3,(H2,29,36)/t16-,20+/m0/s1. The summed E-state index contributed by atoms with van der Waals surface area (Å²) in [6.45, 7) is 4.17. The van der Waals surface area contributed by atoms with Crippen molar-refractivity contribution in [1.82, 2.24) is 19.4 Å². The minimum atomic E-state index is -4.75. The zero-order valence-corrected chi connectivity index (χ0v) is 19.7. The lowest BCUT2D eigenvalue weighted by atomic mass is 9.93. The maximum Gasteiger partial charge on any atom is 0.419 e. The number of nitrogens with two attached hydrogens (primary N) is 1. The summed E-state index contributed by atoms with van der Waals surface area (Å²) in [6, 6.07) is 4.78. The minimum absolute atomic E-state index is 0.0412. The van der Waals surface area contributed by atoms with E-state index in [2.05, 4.69) is 9.97 Å². The van der Waals surface area contributed by atoms with Gasteiger partial charge >= 0.3 is 6.18 Å². The number of β-amino-alcohol motifs (C(OH)–C–C–N with tert-alkyl or cyclic N) is 1. The Morgan fingerprint density at radius 3 is 2.69 bits per heavy atom. The molecule has 1 saturated heterocycles. The number of fused-ring (bicyclic) bond motifs is 1. The summed E-state index contributed by atoms with van der Waals surface area (Å²) in [5.41, 5.74) is 5.01. The molecule has 2 atom stereocenters. The van der Waals surface area contributed by atoms with E-state index in [4.69, 9.17) is 5.73 Å². The molecule has 1 aliphatic rings. The number of hydrogen-bond donors (Lipinski definition) is 2. The van der Waals surface area contributed by atoms with E-state index in [9.17, 15) is 27.5 Å². The van der Waals surface area contributed by atoms with Crippen molar-refractivity contribution in [2.24, 2.45) is 11.7 Å². The zero-order chi connectivity index (χ0) is 26.0. The van der Waals surface area contributed by atoms with Gasteiger partial charge in [0.15, 0.2) is 0 Å². The Hall–Kier alpha value is -3.25. The van der Waals surface area contributed by atoms with Gasteiger partial charge in [0.05, 0.1) is 23.6 Å². The van der Waals surface area contributed by atoms with Crippen LogP contribution in [0.1, 0.15) is 24.5 Å². The van der Waals surface area contributed by atoms with Gasteiger partial charge in [0, 0.05) is 38.3 Å².